The molecule has 0 spiro atoms. The van der Waals surface area contributed by atoms with Gasteiger partial charge in [0.1, 0.15) is 17.9 Å². The van der Waals surface area contributed by atoms with Crippen molar-refractivity contribution < 1.29 is 22.7 Å². The lowest BCUT2D eigenvalue weighted by Gasteiger charge is -2.30. The van der Waals surface area contributed by atoms with E-state index >= 15 is 0 Å². The largest absolute Gasteiger partial charge is 0.494 e. The van der Waals surface area contributed by atoms with E-state index in [0.29, 0.717) is 31.7 Å². The van der Waals surface area contributed by atoms with Crippen LogP contribution in [-0.4, -0.2) is 33.1 Å². The SMILES string of the molecule is CCCC[C@](Cc1ccc(OCCCCN=[N+]=[N-])cc1)(N[SH](=O)=O)C(=O)OCc1ccccc1. The number of esters is 1. The highest BCUT2D eigenvalue weighted by atomic mass is 32.2. The van der Waals surface area contributed by atoms with Gasteiger partial charge in [-0.25, -0.2) is 13.2 Å². The third kappa shape index (κ3) is 9.43. The van der Waals surface area contributed by atoms with Crippen LogP contribution in [0.4, 0.5) is 0 Å². The molecule has 0 aliphatic heterocycles. The summed E-state index contributed by atoms with van der Waals surface area (Å²) >= 11 is 0. The van der Waals surface area contributed by atoms with Crippen molar-refractivity contribution in [3.63, 3.8) is 0 Å². The van der Waals surface area contributed by atoms with Crippen LogP contribution in [-0.2, 0) is 33.4 Å². The van der Waals surface area contributed by atoms with E-state index in [-0.39, 0.29) is 13.0 Å². The number of nitrogens with one attached hydrogen (secondary N) is 1. The Morgan fingerprint density at radius 3 is 2.44 bits per heavy atom. The summed E-state index contributed by atoms with van der Waals surface area (Å²) in [7, 11) is -3.03. The summed E-state index contributed by atoms with van der Waals surface area (Å²) in [6.45, 7) is 2.98. The number of thiol groups is 1. The molecule has 34 heavy (non-hydrogen) atoms. The summed E-state index contributed by atoms with van der Waals surface area (Å²) in [5.74, 6) is 0.0746. The molecule has 0 aromatic heterocycles. The average Bonchev–Trinajstić information content (AvgIpc) is 2.84. The van der Waals surface area contributed by atoms with Crippen molar-refractivity contribution in [2.75, 3.05) is 13.2 Å². The summed E-state index contributed by atoms with van der Waals surface area (Å²) in [4.78, 5) is 15.9. The molecule has 0 unspecified atom stereocenters. The molecule has 1 atom stereocenters. The molecule has 0 heterocycles. The first kappa shape index (κ1) is 27.2. The Morgan fingerprint density at radius 2 is 1.79 bits per heavy atom. The second kappa shape index (κ2) is 15.0. The van der Waals surface area contributed by atoms with E-state index in [1.807, 2.05) is 49.4 Å². The van der Waals surface area contributed by atoms with Gasteiger partial charge in [-0.15, -0.1) is 0 Å². The summed E-state index contributed by atoms with van der Waals surface area (Å²) in [6, 6.07) is 16.5. The third-order valence-corrected chi connectivity index (χ3v) is 5.89. The molecule has 1 N–H and O–H groups in total. The minimum absolute atomic E-state index is 0.0668. The molecule has 0 fully saturated rings. The van der Waals surface area contributed by atoms with Crippen molar-refractivity contribution in [1.82, 2.24) is 4.72 Å². The number of hydrogen-bond acceptors (Lipinski definition) is 6. The van der Waals surface area contributed by atoms with Gasteiger partial charge in [0.15, 0.2) is 0 Å². The van der Waals surface area contributed by atoms with E-state index in [1.54, 1.807) is 12.1 Å². The van der Waals surface area contributed by atoms with E-state index in [0.717, 1.165) is 30.4 Å². The van der Waals surface area contributed by atoms with Crippen LogP contribution in [0.25, 0.3) is 10.4 Å². The Balaban J connectivity index is 2.10. The fourth-order valence-electron chi connectivity index (χ4n) is 3.49. The van der Waals surface area contributed by atoms with E-state index < -0.39 is 22.4 Å². The number of carbonyl (C=O) groups excluding carboxylic acids is 1. The highest BCUT2D eigenvalue weighted by Gasteiger charge is 2.40. The molecule has 10 heteroatoms. The Hall–Kier alpha value is -3.07. The topological polar surface area (TPSA) is 130 Å². The molecule has 0 radical (unpaired) electrons. The molecule has 184 valence electrons. The van der Waals surface area contributed by atoms with Crippen molar-refractivity contribution in [1.29, 1.82) is 0 Å². The molecule has 2 aromatic carbocycles. The minimum atomic E-state index is -3.03. The number of carbonyl (C=O) groups is 1. The van der Waals surface area contributed by atoms with Gasteiger partial charge in [-0.1, -0.05) is 67.3 Å². The minimum Gasteiger partial charge on any atom is -0.494 e. The summed E-state index contributed by atoms with van der Waals surface area (Å²) < 4.78 is 37.1. The molecule has 2 aromatic rings. The van der Waals surface area contributed by atoms with Gasteiger partial charge in [-0.3, -0.25) is 0 Å². The van der Waals surface area contributed by atoms with Gasteiger partial charge in [-0.05, 0) is 48.1 Å². The highest BCUT2D eigenvalue weighted by Crippen LogP contribution is 2.25. The zero-order valence-electron chi connectivity index (χ0n) is 19.4. The molecule has 9 nitrogen and oxygen atoms in total. The first-order valence-corrected chi connectivity index (χ1v) is 12.5. The van der Waals surface area contributed by atoms with Crippen LogP contribution < -0.4 is 9.46 Å². The lowest BCUT2D eigenvalue weighted by molar-refractivity contribution is -0.152. The lowest BCUT2D eigenvalue weighted by Crippen LogP contribution is -2.54. The van der Waals surface area contributed by atoms with Gasteiger partial charge in [0.25, 0.3) is 0 Å². The van der Waals surface area contributed by atoms with Crippen molar-refractivity contribution in [2.24, 2.45) is 5.11 Å². The standard InChI is InChI=1S/C24H32N4O5S/c1-2-3-15-24(27-34(30)31,23(29)33-19-21-9-5-4-6-10-21)18-20-11-13-22(14-12-20)32-17-8-7-16-26-28-25/h4-6,9-14,34H,2-3,7-8,15-19H2,1H3,(H,27,30,31)/t24-/m1/s1. The average molecular weight is 489 g/mol. The fraction of sp³-hybridized carbons (Fsp3) is 0.458. The molecule has 0 amide bonds. The van der Waals surface area contributed by atoms with Crippen LogP contribution >= 0.6 is 0 Å². The molecule has 2 rings (SSSR count). The number of rotatable bonds is 16. The smallest absolute Gasteiger partial charge is 0.327 e. The van der Waals surface area contributed by atoms with Crippen LogP contribution in [0, 0.1) is 0 Å². The number of unbranched alkanes of at least 4 members (excludes halogenated alkanes) is 2. The van der Waals surface area contributed by atoms with Crippen molar-refractivity contribution in [2.45, 2.75) is 57.6 Å². The van der Waals surface area contributed by atoms with Gasteiger partial charge < -0.3 is 9.47 Å². The normalized spacial score (nSPS) is 12.5. The zero-order valence-corrected chi connectivity index (χ0v) is 20.3. The molecule has 0 bridgehead atoms. The number of benzene rings is 2. The zero-order chi connectivity index (χ0) is 24.7. The fourth-order valence-corrected chi connectivity index (χ4v) is 4.12. The number of nitrogens with zero attached hydrogens (tertiary/aromatic N) is 3. The first-order chi connectivity index (χ1) is 16.5. The Labute approximate surface area is 202 Å². The monoisotopic (exact) mass is 488 g/mol. The highest BCUT2D eigenvalue weighted by molar-refractivity contribution is 7.70. The molecule has 0 aliphatic rings. The number of hydrogen-bond donors (Lipinski definition) is 2. The maximum absolute atomic E-state index is 13.2. The summed E-state index contributed by atoms with van der Waals surface area (Å²) in [6.07, 6.45) is 3.45. The van der Waals surface area contributed by atoms with Gasteiger partial charge >= 0.3 is 5.97 Å². The Kier molecular flexibility index (Phi) is 12.0. The van der Waals surface area contributed by atoms with Crippen molar-refractivity contribution >= 4 is 16.9 Å². The van der Waals surface area contributed by atoms with Crippen LogP contribution in [0.1, 0.15) is 50.2 Å². The maximum Gasteiger partial charge on any atom is 0.327 e. The van der Waals surface area contributed by atoms with Crippen molar-refractivity contribution in [3.8, 4) is 5.75 Å². The van der Waals surface area contributed by atoms with Gasteiger partial charge in [0.05, 0.1) is 6.61 Å². The predicted molar refractivity (Wildman–Crippen MR) is 131 cm³/mol. The molecule has 0 aliphatic carbocycles. The van der Waals surface area contributed by atoms with Gasteiger partial charge in [-0.2, -0.15) is 4.72 Å². The maximum atomic E-state index is 13.2. The Morgan fingerprint density at radius 1 is 1.06 bits per heavy atom. The van der Waals surface area contributed by atoms with Crippen LogP contribution in [0.5, 0.6) is 5.75 Å². The quantitative estimate of drug-likeness (QED) is 0.0898. The number of azide groups is 1. The molecule has 0 saturated carbocycles. The van der Waals surface area contributed by atoms with E-state index in [9.17, 15) is 13.2 Å². The molecule has 0 saturated heterocycles. The van der Waals surface area contributed by atoms with Crippen molar-refractivity contribution in [3.05, 3.63) is 76.2 Å². The van der Waals surface area contributed by atoms with Crippen LogP contribution in [0.3, 0.4) is 0 Å². The predicted octanol–water partition coefficient (Wildman–Crippen LogP) is 4.49. The third-order valence-electron chi connectivity index (χ3n) is 5.28. The van der Waals surface area contributed by atoms with Crippen LogP contribution in [0.2, 0.25) is 0 Å². The molecular weight excluding hydrogens is 456 g/mol. The molecular formula is C24H32N4O5S. The van der Waals surface area contributed by atoms with Gasteiger partial charge in [0, 0.05) is 17.9 Å². The van der Waals surface area contributed by atoms with E-state index in [2.05, 4.69) is 14.7 Å². The first-order valence-electron chi connectivity index (χ1n) is 11.3. The second-order valence-corrected chi connectivity index (χ2v) is 8.68. The lowest BCUT2D eigenvalue weighted by atomic mass is 9.86. The van der Waals surface area contributed by atoms with E-state index in [4.69, 9.17) is 15.0 Å². The second-order valence-electron chi connectivity index (χ2n) is 7.95. The summed E-state index contributed by atoms with van der Waals surface area (Å²) in [5.41, 5.74) is 8.51. The van der Waals surface area contributed by atoms with Crippen LogP contribution in [0.15, 0.2) is 59.7 Å². The van der Waals surface area contributed by atoms with Gasteiger partial charge in [0.2, 0.25) is 10.9 Å². The summed E-state index contributed by atoms with van der Waals surface area (Å²) in [5, 5.41) is 3.49. The number of ether oxygens (including phenoxy) is 2. The van der Waals surface area contributed by atoms with E-state index in [1.165, 1.54) is 0 Å². The Bertz CT molecular complexity index is 1000.